The molecule has 0 aromatic carbocycles. The van der Waals surface area contributed by atoms with E-state index in [4.69, 9.17) is 5.73 Å². The Labute approximate surface area is 96.7 Å². The van der Waals surface area contributed by atoms with Crippen molar-refractivity contribution in [2.45, 2.75) is 51.1 Å². The van der Waals surface area contributed by atoms with E-state index in [0.29, 0.717) is 6.04 Å². The van der Waals surface area contributed by atoms with Gasteiger partial charge in [-0.1, -0.05) is 19.8 Å². The van der Waals surface area contributed by atoms with Gasteiger partial charge in [-0.15, -0.1) is 0 Å². The van der Waals surface area contributed by atoms with Crippen molar-refractivity contribution in [1.82, 2.24) is 9.97 Å². The molecule has 1 aromatic rings. The third-order valence-electron chi connectivity index (χ3n) is 3.24. The molecule has 1 heterocycles. The van der Waals surface area contributed by atoms with Crippen LogP contribution in [0.1, 0.15) is 38.3 Å². The fourth-order valence-corrected chi connectivity index (χ4v) is 2.20. The molecular weight excluding hydrogens is 200 g/mol. The SMILES string of the molecule is CCc1cc(NC2CCCCC2N)ncn1. The molecule has 0 radical (unpaired) electrons. The standard InChI is InChI=1S/C12H20N4/c1-2-9-7-12(15-8-14-9)16-11-6-4-3-5-10(11)13/h7-8,10-11H,2-6,13H2,1H3,(H,14,15,16). The fraction of sp³-hybridized carbons (Fsp3) is 0.667. The highest BCUT2D eigenvalue weighted by Gasteiger charge is 2.21. The zero-order valence-corrected chi connectivity index (χ0v) is 9.82. The van der Waals surface area contributed by atoms with E-state index < -0.39 is 0 Å². The van der Waals surface area contributed by atoms with Crippen molar-refractivity contribution in [1.29, 1.82) is 0 Å². The molecule has 0 amide bonds. The molecule has 1 fully saturated rings. The molecule has 1 saturated carbocycles. The van der Waals surface area contributed by atoms with E-state index in [0.717, 1.165) is 30.8 Å². The van der Waals surface area contributed by atoms with Gasteiger partial charge in [-0.05, 0) is 19.3 Å². The number of nitrogens with zero attached hydrogens (tertiary/aromatic N) is 2. The predicted octanol–water partition coefficient (Wildman–Crippen LogP) is 1.72. The third-order valence-corrected chi connectivity index (χ3v) is 3.24. The number of hydrogen-bond donors (Lipinski definition) is 2. The van der Waals surface area contributed by atoms with Gasteiger partial charge in [0.05, 0.1) is 0 Å². The summed E-state index contributed by atoms with van der Waals surface area (Å²) >= 11 is 0. The number of anilines is 1. The monoisotopic (exact) mass is 220 g/mol. The van der Waals surface area contributed by atoms with Crippen LogP contribution in [0.4, 0.5) is 5.82 Å². The minimum atomic E-state index is 0.258. The van der Waals surface area contributed by atoms with E-state index >= 15 is 0 Å². The van der Waals surface area contributed by atoms with Crippen LogP contribution in [-0.2, 0) is 6.42 Å². The molecule has 1 aliphatic rings. The van der Waals surface area contributed by atoms with Gasteiger partial charge in [-0.3, -0.25) is 0 Å². The van der Waals surface area contributed by atoms with Crippen LogP contribution in [0.15, 0.2) is 12.4 Å². The molecule has 1 aromatic heterocycles. The Morgan fingerprint density at radius 1 is 1.38 bits per heavy atom. The van der Waals surface area contributed by atoms with Gasteiger partial charge in [0.1, 0.15) is 12.1 Å². The first-order valence-corrected chi connectivity index (χ1v) is 6.12. The predicted molar refractivity (Wildman–Crippen MR) is 65.3 cm³/mol. The Morgan fingerprint density at radius 2 is 2.19 bits per heavy atom. The summed E-state index contributed by atoms with van der Waals surface area (Å²) in [5.74, 6) is 0.911. The number of hydrogen-bond acceptors (Lipinski definition) is 4. The Morgan fingerprint density at radius 3 is 2.94 bits per heavy atom. The minimum absolute atomic E-state index is 0.258. The molecule has 4 nitrogen and oxygen atoms in total. The lowest BCUT2D eigenvalue weighted by Gasteiger charge is -2.29. The Kier molecular flexibility index (Phi) is 3.72. The van der Waals surface area contributed by atoms with Crippen molar-refractivity contribution in [3.05, 3.63) is 18.1 Å². The van der Waals surface area contributed by atoms with Crippen LogP contribution < -0.4 is 11.1 Å². The first-order chi connectivity index (χ1) is 7.79. The molecule has 0 saturated heterocycles. The topological polar surface area (TPSA) is 63.8 Å². The third kappa shape index (κ3) is 2.70. The zero-order chi connectivity index (χ0) is 11.4. The molecular formula is C12H20N4. The Hall–Kier alpha value is -1.16. The summed E-state index contributed by atoms with van der Waals surface area (Å²) in [7, 11) is 0. The molecule has 3 N–H and O–H groups in total. The molecule has 4 heteroatoms. The number of nitrogens with one attached hydrogen (secondary N) is 1. The number of nitrogens with two attached hydrogens (primary N) is 1. The van der Waals surface area contributed by atoms with Gasteiger partial charge in [0.15, 0.2) is 0 Å². The second-order valence-corrected chi connectivity index (χ2v) is 4.45. The van der Waals surface area contributed by atoms with Gasteiger partial charge < -0.3 is 11.1 Å². The quantitative estimate of drug-likeness (QED) is 0.814. The summed E-state index contributed by atoms with van der Waals surface area (Å²) in [5.41, 5.74) is 7.16. The van der Waals surface area contributed by atoms with Gasteiger partial charge in [0, 0.05) is 23.8 Å². The smallest absolute Gasteiger partial charge is 0.129 e. The summed E-state index contributed by atoms with van der Waals surface area (Å²) in [6.07, 6.45) is 7.33. The van der Waals surface area contributed by atoms with Crippen LogP contribution in [-0.4, -0.2) is 22.1 Å². The van der Waals surface area contributed by atoms with Crippen molar-refractivity contribution in [3.8, 4) is 0 Å². The maximum Gasteiger partial charge on any atom is 0.129 e. The summed E-state index contributed by atoms with van der Waals surface area (Å²) in [6.45, 7) is 2.10. The second-order valence-electron chi connectivity index (χ2n) is 4.45. The Bertz CT molecular complexity index is 340. The fourth-order valence-electron chi connectivity index (χ4n) is 2.20. The van der Waals surface area contributed by atoms with E-state index in [9.17, 15) is 0 Å². The van der Waals surface area contributed by atoms with Crippen LogP contribution in [0, 0.1) is 0 Å². The molecule has 0 spiro atoms. The number of aryl methyl sites for hydroxylation is 1. The molecule has 0 aliphatic heterocycles. The first-order valence-electron chi connectivity index (χ1n) is 6.12. The summed E-state index contributed by atoms with van der Waals surface area (Å²) in [6, 6.07) is 2.64. The molecule has 88 valence electrons. The highest BCUT2D eigenvalue weighted by Crippen LogP contribution is 2.20. The lowest BCUT2D eigenvalue weighted by atomic mass is 9.91. The van der Waals surface area contributed by atoms with Gasteiger partial charge in [-0.25, -0.2) is 9.97 Å². The van der Waals surface area contributed by atoms with Gasteiger partial charge in [0.2, 0.25) is 0 Å². The highest BCUT2D eigenvalue weighted by atomic mass is 15.1. The molecule has 2 unspecified atom stereocenters. The van der Waals surface area contributed by atoms with Crippen molar-refractivity contribution >= 4 is 5.82 Å². The largest absolute Gasteiger partial charge is 0.366 e. The average Bonchev–Trinajstić information content (AvgIpc) is 2.32. The lowest BCUT2D eigenvalue weighted by molar-refractivity contribution is 0.403. The molecule has 1 aliphatic carbocycles. The Balaban J connectivity index is 2.01. The van der Waals surface area contributed by atoms with Crippen molar-refractivity contribution in [3.63, 3.8) is 0 Å². The van der Waals surface area contributed by atoms with E-state index in [1.807, 2.05) is 6.07 Å². The van der Waals surface area contributed by atoms with Crippen LogP contribution in [0.2, 0.25) is 0 Å². The maximum atomic E-state index is 6.09. The first kappa shape index (κ1) is 11.3. The zero-order valence-electron chi connectivity index (χ0n) is 9.82. The van der Waals surface area contributed by atoms with Crippen molar-refractivity contribution < 1.29 is 0 Å². The van der Waals surface area contributed by atoms with E-state index in [-0.39, 0.29) is 6.04 Å². The number of rotatable bonds is 3. The van der Waals surface area contributed by atoms with Gasteiger partial charge in [0.25, 0.3) is 0 Å². The van der Waals surface area contributed by atoms with E-state index in [1.54, 1.807) is 6.33 Å². The molecule has 0 bridgehead atoms. The van der Waals surface area contributed by atoms with Crippen molar-refractivity contribution in [2.75, 3.05) is 5.32 Å². The normalized spacial score (nSPS) is 25.4. The molecule has 2 rings (SSSR count). The summed E-state index contributed by atoms with van der Waals surface area (Å²) in [5, 5.41) is 3.43. The van der Waals surface area contributed by atoms with Gasteiger partial charge >= 0.3 is 0 Å². The van der Waals surface area contributed by atoms with Crippen LogP contribution in [0.25, 0.3) is 0 Å². The van der Waals surface area contributed by atoms with E-state index in [1.165, 1.54) is 12.8 Å². The summed E-state index contributed by atoms with van der Waals surface area (Å²) < 4.78 is 0. The maximum absolute atomic E-state index is 6.09. The van der Waals surface area contributed by atoms with Crippen LogP contribution in [0.3, 0.4) is 0 Å². The van der Waals surface area contributed by atoms with Crippen LogP contribution >= 0.6 is 0 Å². The minimum Gasteiger partial charge on any atom is -0.366 e. The summed E-state index contributed by atoms with van der Waals surface area (Å²) in [4.78, 5) is 8.43. The van der Waals surface area contributed by atoms with Crippen LogP contribution in [0.5, 0.6) is 0 Å². The van der Waals surface area contributed by atoms with E-state index in [2.05, 4.69) is 22.2 Å². The highest BCUT2D eigenvalue weighted by molar-refractivity contribution is 5.36. The molecule has 2 atom stereocenters. The van der Waals surface area contributed by atoms with Gasteiger partial charge in [-0.2, -0.15) is 0 Å². The lowest BCUT2D eigenvalue weighted by Crippen LogP contribution is -2.42. The average molecular weight is 220 g/mol. The second kappa shape index (κ2) is 5.25. The number of aromatic nitrogens is 2. The van der Waals surface area contributed by atoms with Crippen molar-refractivity contribution in [2.24, 2.45) is 5.73 Å². The molecule has 16 heavy (non-hydrogen) atoms.